The van der Waals surface area contributed by atoms with Crippen LogP contribution in [0.1, 0.15) is 31.1 Å². The van der Waals surface area contributed by atoms with Gasteiger partial charge in [0.15, 0.2) is 16.7 Å². The van der Waals surface area contributed by atoms with Crippen LogP contribution in [0.15, 0.2) is 72.8 Å². The number of rotatable bonds is 3. The first-order valence-corrected chi connectivity index (χ1v) is 8.27. The topological polar surface area (TPSA) is 181 Å². The summed E-state index contributed by atoms with van der Waals surface area (Å²) in [6.07, 6.45) is 0. The molecule has 0 bridgehead atoms. The fourth-order valence-electron chi connectivity index (χ4n) is 2.00. The summed E-state index contributed by atoms with van der Waals surface area (Å²) in [5, 5.41) is 46.8. The maximum Gasteiger partial charge on any atom is 3.00 e. The molecule has 0 aliphatic rings. The van der Waals surface area contributed by atoms with Gasteiger partial charge in [-0.25, -0.2) is 0 Å². The van der Waals surface area contributed by atoms with Gasteiger partial charge >= 0.3 is 34.7 Å². The first-order chi connectivity index (χ1) is 14.1. The fraction of sp³-hybridized carbons (Fsp3) is 0. The summed E-state index contributed by atoms with van der Waals surface area (Å²) >= 11 is 0. The minimum Gasteiger partial charge on any atom is -0.561 e. The third-order valence-corrected chi connectivity index (χ3v) is 3.45. The Kier molecular flexibility index (Phi) is 11.5. The standard InChI is InChI=1S/3C7H6O3.Co/c3*8-6-4-2-1-3-5(6)7(9)10;/h3*1-4,8H,(H,9,10);/q;;;+3/p+3. The summed E-state index contributed by atoms with van der Waals surface area (Å²) in [6.45, 7) is 0. The van der Waals surface area contributed by atoms with Crippen LogP contribution in [0.5, 0.6) is 17.2 Å². The van der Waals surface area contributed by atoms with Crippen LogP contribution in [0.2, 0.25) is 0 Å². The van der Waals surface area contributed by atoms with E-state index in [-0.39, 0.29) is 50.7 Å². The fourth-order valence-corrected chi connectivity index (χ4v) is 2.00. The summed E-state index contributed by atoms with van der Waals surface area (Å²) in [5.41, 5.74) is 0.132. The van der Waals surface area contributed by atoms with Crippen LogP contribution in [0.25, 0.3) is 0 Å². The molecular formula is C21H21CoO9+6. The second-order valence-electron chi connectivity index (χ2n) is 5.54. The zero-order valence-corrected chi connectivity index (χ0v) is 16.9. The van der Waals surface area contributed by atoms with Gasteiger partial charge in [-0.15, -0.1) is 0 Å². The molecule has 0 aliphatic heterocycles. The maximum absolute atomic E-state index is 10.4. The van der Waals surface area contributed by atoms with Crippen molar-refractivity contribution in [1.29, 1.82) is 0 Å². The van der Waals surface area contributed by atoms with Crippen LogP contribution in [0.4, 0.5) is 0 Å². The quantitative estimate of drug-likeness (QED) is 0.470. The van der Waals surface area contributed by atoms with E-state index in [4.69, 9.17) is 30.6 Å². The maximum atomic E-state index is 10.4. The number of phenols is 3. The Balaban J connectivity index is 0.000000429. The van der Waals surface area contributed by atoms with Gasteiger partial charge in [0, 0.05) is 14.4 Å². The van der Waals surface area contributed by atoms with Crippen molar-refractivity contribution in [2.45, 2.75) is 0 Å². The van der Waals surface area contributed by atoms with Gasteiger partial charge in [-0.1, -0.05) is 36.4 Å². The van der Waals surface area contributed by atoms with Crippen LogP contribution >= 0.6 is 0 Å². The molecule has 0 aromatic heterocycles. The van der Waals surface area contributed by atoms with E-state index in [2.05, 4.69) is 0 Å². The summed E-state index contributed by atoms with van der Waals surface area (Å²) in [7, 11) is 0. The smallest absolute Gasteiger partial charge is 0.561 e. The van der Waals surface area contributed by atoms with Crippen molar-refractivity contribution < 1.29 is 61.8 Å². The van der Waals surface area contributed by atoms with Gasteiger partial charge < -0.3 is 30.6 Å². The zero-order valence-electron chi connectivity index (χ0n) is 15.8. The van der Waals surface area contributed by atoms with E-state index in [1.54, 1.807) is 36.4 Å². The molecule has 3 rings (SSSR count). The number of para-hydroxylation sites is 3. The zero-order chi connectivity index (χ0) is 22.7. The van der Waals surface area contributed by atoms with Crippen LogP contribution in [-0.2, 0) is 16.8 Å². The molecule has 0 spiro atoms. The number of carbonyl (C=O) groups excluding carboxylic acids is 3. The second kappa shape index (κ2) is 13.2. The van der Waals surface area contributed by atoms with E-state index in [1.165, 1.54) is 36.4 Å². The monoisotopic (exact) mass is 476 g/mol. The van der Waals surface area contributed by atoms with Crippen LogP contribution in [0, 0.1) is 0 Å². The summed E-state index contributed by atoms with van der Waals surface area (Å²) in [4.78, 5) is 31.1. The molecule has 0 saturated carbocycles. The predicted octanol–water partition coefficient (Wildman–Crippen LogP) is 0.768. The van der Waals surface area contributed by atoms with Gasteiger partial charge in [0.05, 0.1) is 0 Å². The number of phenolic OH excluding ortho intramolecular Hbond substituents is 3. The van der Waals surface area contributed by atoms with Crippen molar-refractivity contribution in [2.24, 2.45) is 0 Å². The normalized spacial score (nSPS) is 8.90. The molecule has 3 aromatic carbocycles. The summed E-state index contributed by atoms with van der Waals surface area (Å²) in [6, 6.07) is 17.9. The molecule has 10 heteroatoms. The van der Waals surface area contributed by atoms with Crippen LogP contribution in [0.3, 0.4) is 0 Å². The van der Waals surface area contributed by atoms with Crippen molar-refractivity contribution >= 4 is 17.9 Å². The molecular weight excluding hydrogens is 455 g/mol. The average molecular weight is 476 g/mol. The molecule has 0 aliphatic carbocycles. The van der Waals surface area contributed by atoms with Crippen LogP contribution < -0.4 is 0 Å². The van der Waals surface area contributed by atoms with Gasteiger partial charge in [-0.3, -0.25) is 0 Å². The first-order valence-electron chi connectivity index (χ1n) is 8.27. The van der Waals surface area contributed by atoms with E-state index in [0.29, 0.717) is 0 Å². The molecule has 0 radical (unpaired) electrons. The number of benzene rings is 3. The minimum atomic E-state index is -0.863. The molecule has 0 amide bonds. The van der Waals surface area contributed by atoms with Gasteiger partial charge in [0.2, 0.25) is 0 Å². The molecule has 0 saturated heterocycles. The molecule has 9 N–H and O–H groups in total. The van der Waals surface area contributed by atoms with E-state index in [1.807, 2.05) is 0 Å². The Morgan fingerprint density at radius 2 is 0.677 bits per heavy atom. The Morgan fingerprint density at radius 1 is 0.484 bits per heavy atom. The van der Waals surface area contributed by atoms with Gasteiger partial charge in [-0.2, -0.15) is 0 Å². The van der Waals surface area contributed by atoms with Gasteiger partial charge in [0.1, 0.15) is 17.2 Å². The molecule has 31 heavy (non-hydrogen) atoms. The molecule has 0 unspecified atom stereocenters. The van der Waals surface area contributed by atoms with Crippen molar-refractivity contribution in [1.82, 2.24) is 0 Å². The van der Waals surface area contributed by atoms with Crippen molar-refractivity contribution in [3.63, 3.8) is 0 Å². The third-order valence-electron chi connectivity index (χ3n) is 3.45. The third kappa shape index (κ3) is 8.89. The molecule has 9 nitrogen and oxygen atoms in total. The Bertz CT molecular complexity index is 903. The Labute approximate surface area is 186 Å². The molecule has 0 heterocycles. The number of aromatic hydroxyl groups is 3. The van der Waals surface area contributed by atoms with Crippen LogP contribution in [-0.4, -0.2) is 48.5 Å². The molecule has 0 fully saturated rings. The number of hydrogen-bond acceptors (Lipinski definition) is 6. The molecule has 162 valence electrons. The van der Waals surface area contributed by atoms with Crippen molar-refractivity contribution in [3.8, 4) is 17.2 Å². The molecule has 0 atom stereocenters. The van der Waals surface area contributed by atoms with E-state index < -0.39 is 17.9 Å². The van der Waals surface area contributed by atoms with Gasteiger partial charge in [0.25, 0.3) is 0 Å². The number of hydrogen-bond donors (Lipinski definition) is 3. The van der Waals surface area contributed by atoms with E-state index in [0.717, 1.165) is 0 Å². The van der Waals surface area contributed by atoms with E-state index >= 15 is 0 Å². The predicted molar refractivity (Wildman–Crippen MR) is 108 cm³/mol. The largest absolute Gasteiger partial charge is 3.00 e. The Hall–Kier alpha value is -4.02. The van der Waals surface area contributed by atoms with Gasteiger partial charge in [-0.05, 0) is 36.4 Å². The second-order valence-corrected chi connectivity index (χ2v) is 5.54. The minimum absolute atomic E-state index is 0. The first kappa shape index (κ1) is 27.0. The van der Waals surface area contributed by atoms with Crippen molar-refractivity contribution in [2.75, 3.05) is 0 Å². The SMILES string of the molecule is O=C([OH2+])c1ccccc1O.O=C([OH2+])c1ccccc1O.O=C([OH2+])c1ccccc1O.[Co+3]. The van der Waals surface area contributed by atoms with Crippen molar-refractivity contribution in [3.05, 3.63) is 89.5 Å². The average Bonchev–Trinajstić information content (AvgIpc) is 2.69. The Morgan fingerprint density at radius 3 is 0.806 bits per heavy atom. The molecule has 3 aromatic rings. The number of carbonyl (C=O) groups is 3. The summed E-state index contributed by atoms with van der Waals surface area (Å²) in [5.74, 6) is -3.00. The summed E-state index contributed by atoms with van der Waals surface area (Å²) < 4.78 is 0. The van der Waals surface area contributed by atoms with E-state index in [9.17, 15) is 14.4 Å².